The first kappa shape index (κ1) is 13.6. The maximum atomic E-state index is 4.36. The van der Waals surface area contributed by atoms with Gasteiger partial charge in [-0.15, -0.1) is 0 Å². The molecule has 0 aliphatic carbocycles. The second-order valence-electron chi connectivity index (χ2n) is 5.45. The van der Waals surface area contributed by atoms with Gasteiger partial charge in [-0.1, -0.05) is 24.3 Å². The van der Waals surface area contributed by atoms with Gasteiger partial charge < -0.3 is 5.32 Å². The number of hydrogen-bond donors (Lipinski definition) is 1. The van der Waals surface area contributed by atoms with Crippen LogP contribution in [0.15, 0.2) is 67.1 Å². The molecule has 23 heavy (non-hydrogen) atoms. The summed E-state index contributed by atoms with van der Waals surface area (Å²) >= 11 is 0. The molecule has 4 aromatic rings. The molecule has 0 radical (unpaired) electrons. The monoisotopic (exact) mass is 300 g/mol. The van der Waals surface area contributed by atoms with Gasteiger partial charge >= 0.3 is 0 Å². The molecule has 0 amide bonds. The molecule has 0 fully saturated rings. The fourth-order valence-corrected chi connectivity index (χ4v) is 2.75. The van der Waals surface area contributed by atoms with E-state index in [9.17, 15) is 0 Å². The van der Waals surface area contributed by atoms with Crippen LogP contribution in [0.25, 0.3) is 21.8 Å². The summed E-state index contributed by atoms with van der Waals surface area (Å²) in [5.41, 5.74) is 3.28. The largest absolute Gasteiger partial charge is 0.369 e. The Morgan fingerprint density at radius 2 is 1.78 bits per heavy atom. The standard InChI is InChI=1S/C19H16N4/c1-2-6-18-16(5-1)19(23-13-22-18)21-11-9-14-7-8-17-15(12-14)4-3-10-20-17/h1-8,10,12-13H,9,11H2,(H,21,22,23). The number of aromatic nitrogens is 3. The van der Waals surface area contributed by atoms with Gasteiger partial charge in [0, 0.05) is 23.5 Å². The van der Waals surface area contributed by atoms with Gasteiger partial charge in [0.1, 0.15) is 12.1 Å². The lowest BCUT2D eigenvalue weighted by atomic mass is 10.1. The summed E-state index contributed by atoms with van der Waals surface area (Å²) in [6.07, 6.45) is 4.36. The van der Waals surface area contributed by atoms with Gasteiger partial charge in [-0.3, -0.25) is 4.98 Å². The molecule has 0 aliphatic rings. The number of pyridine rings is 1. The molecule has 0 atom stereocenters. The van der Waals surface area contributed by atoms with Crippen LogP contribution < -0.4 is 5.32 Å². The summed E-state index contributed by atoms with van der Waals surface area (Å²) in [5.74, 6) is 0.887. The van der Waals surface area contributed by atoms with E-state index >= 15 is 0 Å². The van der Waals surface area contributed by atoms with Crippen molar-refractivity contribution < 1.29 is 0 Å². The van der Waals surface area contributed by atoms with Crippen molar-refractivity contribution in [2.45, 2.75) is 6.42 Å². The van der Waals surface area contributed by atoms with Crippen molar-refractivity contribution >= 4 is 27.6 Å². The molecule has 0 bridgehead atoms. The molecule has 112 valence electrons. The van der Waals surface area contributed by atoms with E-state index in [1.165, 1.54) is 10.9 Å². The Hall–Kier alpha value is -3.01. The van der Waals surface area contributed by atoms with E-state index < -0.39 is 0 Å². The van der Waals surface area contributed by atoms with Gasteiger partial charge in [0.05, 0.1) is 11.0 Å². The minimum Gasteiger partial charge on any atom is -0.369 e. The smallest absolute Gasteiger partial charge is 0.137 e. The molecule has 1 N–H and O–H groups in total. The molecule has 2 aromatic carbocycles. The van der Waals surface area contributed by atoms with Crippen LogP contribution in [0.2, 0.25) is 0 Å². The van der Waals surface area contributed by atoms with Crippen LogP contribution in [-0.2, 0) is 6.42 Å². The Balaban J connectivity index is 1.50. The third-order valence-corrected chi connectivity index (χ3v) is 3.92. The Bertz CT molecular complexity index is 960. The number of rotatable bonds is 4. The molecule has 0 spiro atoms. The van der Waals surface area contributed by atoms with Crippen LogP contribution in [0.3, 0.4) is 0 Å². The molecule has 0 saturated carbocycles. The van der Waals surface area contributed by atoms with E-state index in [-0.39, 0.29) is 0 Å². The first-order valence-corrected chi connectivity index (χ1v) is 7.67. The van der Waals surface area contributed by atoms with Crippen LogP contribution in [0.1, 0.15) is 5.56 Å². The number of fused-ring (bicyclic) bond motifs is 2. The zero-order valence-electron chi connectivity index (χ0n) is 12.6. The molecule has 2 heterocycles. The highest BCUT2D eigenvalue weighted by Crippen LogP contribution is 2.18. The van der Waals surface area contributed by atoms with Crippen molar-refractivity contribution in [2.75, 3.05) is 11.9 Å². The van der Waals surface area contributed by atoms with Crippen molar-refractivity contribution in [3.8, 4) is 0 Å². The lowest BCUT2D eigenvalue weighted by Gasteiger charge is -2.08. The Morgan fingerprint density at radius 3 is 2.78 bits per heavy atom. The fourth-order valence-electron chi connectivity index (χ4n) is 2.75. The quantitative estimate of drug-likeness (QED) is 0.622. The normalized spacial score (nSPS) is 11.0. The van der Waals surface area contributed by atoms with Gasteiger partial charge in [-0.05, 0) is 42.3 Å². The molecule has 0 aliphatic heterocycles. The van der Waals surface area contributed by atoms with Gasteiger partial charge in [0.15, 0.2) is 0 Å². The lowest BCUT2D eigenvalue weighted by molar-refractivity contribution is 1.01. The van der Waals surface area contributed by atoms with E-state index in [4.69, 9.17) is 0 Å². The van der Waals surface area contributed by atoms with Crippen LogP contribution in [0.5, 0.6) is 0 Å². The first-order chi connectivity index (χ1) is 11.4. The summed E-state index contributed by atoms with van der Waals surface area (Å²) < 4.78 is 0. The van der Waals surface area contributed by atoms with Gasteiger partial charge in [0.2, 0.25) is 0 Å². The number of para-hydroxylation sites is 1. The molecule has 0 saturated heterocycles. The van der Waals surface area contributed by atoms with E-state index in [1.54, 1.807) is 6.33 Å². The van der Waals surface area contributed by atoms with Crippen LogP contribution in [-0.4, -0.2) is 21.5 Å². The third kappa shape index (κ3) is 2.83. The molecule has 0 unspecified atom stereocenters. The minimum absolute atomic E-state index is 0.826. The van der Waals surface area contributed by atoms with E-state index in [2.05, 4.69) is 44.5 Å². The van der Waals surface area contributed by atoms with Crippen molar-refractivity contribution in [1.29, 1.82) is 0 Å². The first-order valence-electron chi connectivity index (χ1n) is 7.67. The highest BCUT2D eigenvalue weighted by atomic mass is 15.0. The average Bonchev–Trinajstić information content (AvgIpc) is 2.62. The van der Waals surface area contributed by atoms with Crippen molar-refractivity contribution in [1.82, 2.24) is 15.0 Å². The Morgan fingerprint density at radius 1 is 0.826 bits per heavy atom. The average molecular weight is 300 g/mol. The van der Waals surface area contributed by atoms with Crippen LogP contribution >= 0.6 is 0 Å². The topological polar surface area (TPSA) is 50.7 Å². The predicted octanol–water partition coefficient (Wildman–Crippen LogP) is 3.83. The molecule has 2 aromatic heterocycles. The number of nitrogens with zero attached hydrogens (tertiary/aromatic N) is 3. The van der Waals surface area contributed by atoms with Crippen molar-refractivity contribution in [3.05, 3.63) is 72.7 Å². The summed E-state index contributed by atoms with van der Waals surface area (Å²) in [7, 11) is 0. The van der Waals surface area contributed by atoms with Crippen molar-refractivity contribution in [3.63, 3.8) is 0 Å². The third-order valence-electron chi connectivity index (χ3n) is 3.92. The summed E-state index contributed by atoms with van der Waals surface area (Å²) in [6, 6.07) is 18.5. The van der Waals surface area contributed by atoms with Gasteiger partial charge in [-0.25, -0.2) is 9.97 Å². The predicted molar refractivity (Wildman–Crippen MR) is 93.5 cm³/mol. The second-order valence-corrected chi connectivity index (χ2v) is 5.45. The highest BCUT2D eigenvalue weighted by Gasteiger charge is 2.02. The number of benzene rings is 2. The number of anilines is 1. The van der Waals surface area contributed by atoms with Crippen molar-refractivity contribution in [2.24, 2.45) is 0 Å². The molecule has 4 nitrogen and oxygen atoms in total. The second kappa shape index (κ2) is 6.01. The van der Waals surface area contributed by atoms with Gasteiger partial charge in [0.25, 0.3) is 0 Å². The molecular weight excluding hydrogens is 284 g/mol. The minimum atomic E-state index is 0.826. The van der Waals surface area contributed by atoms with Crippen LogP contribution in [0, 0.1) is 0 Å². The van der Waals surface area contributed by atoms with E-state index in [0.717, 1.165) is 35.2 Å². The maximum Gasteiger partial charge on any atom is 0.137 e. The maximum absolute atomic E-state index is 4.36. The zero-order valence-corrected chi connectivity index (χ0v) is 12.6. The molecule has 4 heteroatoms. The summed E-state index contributed by atoms with van der Waals surface area (Å²) in [6.45, 7) is 0.826. The lowest BCUT2D eigenvalue weighted by Crippen LogP contribution is -2.07. The van der Waals surface area contributed by atoms with E-state index in [1.807, 2.05) is 36.5 Å². The Labute approximate surface area is 134 Å². The number of hydrogen-bond acceptors (Lipinski definition) is 4. The molecular formula is C19H16N4. The van der Waals surface area contributed by atoms with E-state index in [0.29, 0.717) is 0 Å². The summed E-state index contributed by atoms with van der Waals surface area (Å²) in [4.78, 5) is 13.0. The summed E-state index contributed by atoms with van der Waals surface area (Å²) in [5, 5.41) is 5.65. The highest BCUT2D eigenvalue weighted by molar-refractivity contribution is 5.88. The number of nitrogens with one attached hydrogen (secondary N) is 1. The fraction of sp³-hybridized carbons (Fsp3) is 0.105. The Kier molecular flexibility index (Phi) is 3.56. The van der Waals surface area contributed by atoms with Gasteiger partial charge in [-0.2, -0.15) is 0 Å². The van der Waals surface area contributed by atoms with Crippen LogP contribution in [0.4, 0.5) is 5.82 Å². The molecule has 4 rings (SSSR count). The SMILES string of the molecule is c1cnc2ccc(CCNc3ncnc4ccccc34)cc2c1. The zero-order chi connectivity index (χ0) is 15.5.